The summed E-state index contributed by atoms with van der Waals surface area (Å²) in [6, 6.07) is 0.894. The van der Waals surface area contributed by atoms with E-state index < -0.39 is 8.80 Å². The number of thioether (sulfide) groups is 1. The van der Waals surface area contributed by atoms with Crippen molar-refractivity contribution >= 4 is 20.6 Å². The average Bonchev–Trinajstić information content (AvgIpc) is 2.49. The molecule has 3 nitrogen and oxygen atoms in total. The van der Waals surface area contributed by atoms with E-state index in [1.165, 1.54) is 12.8 Å². The van der Waals surface area contributed by atoms with Crippen LogP contribution in [0.1, 0.15) is 40.0 Å². The fourth-order valence-electron chi connectivity index (χ4n) is 2.77. The Labute approximate surface area is 136 Å². The van der Waals surface area contributed by atoms with Crippen LogP contribution < -0.4 is 0 Å². The monoisotopic (exact) mass is 332 g/mol. The van der Waals surface area contributed by atoms with Crippen molar-refractivity contribution in [3.8, 4) is 0 Å². The van der Waals surface area contributed by atoms with Gasteiger partial charge in [-0.05, 0) is 36.9 Å². The molecule has 1 rings (SSSR count). The Kier molecular flexibility index (Phi) is 8.57. The van der Waals surface area contributed by atoms with Crippen molar-refractivity contribution in [2.24, 2.45) is 11.8 Å². The van der Waals surface area contributed by atoms with Crippen molar-refractivity contribution in [1.29, 1.82) is 0 Å². The van der Waals surface area contributed by atoms with E-state index >= 15 is 0 Å². The molecule has 0 N–H and O–H groups in total. The van der Waals surface area contributed by atoms with E-state index in [-0.39, 0.29) is 0 Å². The molecule has 0 heterocycles. The second kappa shape index (κ2) is 9.35. The number of rotatable bonds is 9. The first-order chi connectivity index (χ1) is 9.98. The summed E-state index contributed by atoms with van der Waals surface area (Å²) in [5.41, 5.74) is 1.64. The van der Waals surface area contributed by atoms with Gasteiger partial charge in [-0.3, -0.25) is 0 Å². The highest BCUT2D eigenvalue weighted by atomic mass is 32.2. The quantitative estimate of drug-likeness (QED) is 0.356. The summed E-state index contributed by atoms with van der Waals surface area (Å²) in [4.78, 5) is 0. The van der Waals surface area contributed by atoms with Crippen molar-refractivity contribution < 1.29 is 13.3 Å². The molecule has 0 fully saturated rings. The Balaban J connectivity index is 2.42. The largest absolute Gasteiger partial charge is 0.500 e. The molecular formula is C16H32O3SSi. The third kappa shape index (κ3) is 5.71. The van der Waals surface area contributed by atoms with Crippen LogP contribution in [0.25, 0.3) is 0 Å². The highest BCUT2D eigenvalue weighted by Gasteiger charge is 2.37. The molecule has 0 saturated heterocycles. The maximum absolute atomic E-state index is 5.47. The van der Waals surface area contributed by atoms with Crippen LogP contribution in [-0.4, -0.2) is 41.1 Å². The molecule has 2 atom stereocenters. The van der Waals surface area contributed by atoms with Crippen LogP contribution in [0.5, 0.6) is 0 Å². The first-order valence-electron chi connectivity index (χ1n) is 7.95. The Bertz CT molecular complexity index is 321. The molecule has 0 spiro atoms. The van der Waals surface area contributed by atoms with Gasteiger partial charge in [-0.25, -0.2) is 0 Å². The minimum atomic E-state index is -2.38. The molecule has 0 radical (unpaired) electrons. The van der Waals surface area contributed by atoms with Gasteiger partial charge in [-0.1, -0.05) is 32.4 Å². The SMILES string of the molecule is CO[Si](CCCSC1C=C(C(C)C)CCC1C)(OC)OC. The molecule has 1 aliphatic carbocycles. The van der Waals surface area contributed by atoms with E-state index in [1.807, 2.05) is 0 Å². The summed E-state index contributed by atoms with van der Waals surface area (Å²) < 4.78 is 16.4. The lowest BCUT2D eigenvalue weighted by Gasteiger charge is -2.29. The molecule has 0 amide bonds. The molecule has 21 heavy (non-hydrogen) atoms. The van der Waals surface area contributed by atoms with Gasteiger partial charge in [0.15, 0.2) is 0 Å². The highest BCUT2D eigenvalue weighted by Crippen LogP contribution is 2.35. The number of hydrogen-bond acceptors (Lipinski definition) is 4. The standard InChI is InChI=1S/C16H32O3SSi/c1-13(2)15-9-8-14(3)16(12-15)20-10-7-11-21(17-4,18-5)19-6/h12-14,16H,7-11H2,1-6H3. The van der Waals surface area contributed by atoms with E-state index in [9.17, 15) is 0 Å². The van der Waals surface area contributed by atoms with Gasteiger partial charge in [0.05, 0.1) is 0 Å². The Morgan fingerprint density at radius 1 is 1.24 bits per heavy atom. The predicted octanol–water partition coefficient (Wildman–Crippen LogP) is 4.37. The second-order valence-corrected chi connectivity index (χ2v) is 10.5. The zero-order chi connectivity index (χ0) is 15.9. The third-order valence-corrected chi connectivity index (χ3v) is 8.78. The minimum Gasteiger partial charge on any atom is -0.377 e. The topological polar surface area (TPSA) is 27.7 Å². The smallest absolute Gasteiger partial charge is 0.377 e. The van der Waals surface area contributed by atoms with Crippen LogP contribution in [0.15, 0.2) is 11.6 Å². The molecule has 0 aliphatic heterocycles. The van der Waals surface area contributed by atoms with Crippen molar-refractivity contribution in [2.75, 3.05) is 27.1 Å². The lowest BCUT2D eigenvalue weighted by Crippen LogP contribution is -2.42. The fraction of sp³-hybridized carbons (Fsp3) is 0.875. The van der Waals surface area contributed by atoms with Crippen LogP contribution in [0.4, 0.5) is 0 Å². The van der Waals surface area contributed by atoms with Gasteiger partial charge >= 0.3 is 8.80 Å². The van der Waals surface area contributed by atoms with Crippen molar-refractivity contribution in [1.82, 2.24) is 0 Å². The van der Waals surface area contributed by atoms with E-state index in [4.69, 9.17) is 13.3 Å². The van der Waals surface area contributed by atoms with Gasteiger partial charge in [0.1, 0.15) is 0 Å². The second-order valence-electron chi connectivity index (χ2n) is 6.15. The first kappa shape index (κ1) is 19.2. The van der Waals surface area contributed by atoms with Gasteiger partial charge in [0.2, 0.25) is 0 Å². The zero-order valence-electron chi connectivity index (χ0n) is 14.5. The fourth-order valence-corrected chi connectivity index (χ4v) is 6.07. The van der Waals surface area contributed by atoms with E-state index in [0.717, 1.165) is 24.1 Å². The molecule has 0 bridgehead atoms. The lowest BCUT2D eigenvalue weighted by atomic mass is 9.86. The number of allylic oxidation sites excluding steroid dienone is 1. The van der Waals surface area contributed by atoms with Gasteiger partial charge in [0.25, 0.3) is 0 Å². The van der Waals surface area contributed by atoms with Gasteiger partial charge in [-0.15, -0.1) is 0 Å². The van der Waals surface area contributed by atoms with Crippen molar-refractivity contribution in [3.05, 3.63) is 11.6 Å². The van der Waals surface area contributed by atoms with Crippen LogP contribution in [0, 0.1) is 11.8 Å². The summed E-state index contributed by atoms with van der Waals surface area (Å²) in [6.07, 6.45) is 6.22. The molecule has 124 valence electrons. The summed E-state index contributed by atoms with van der Waals surface area (Å²) in [5.74, 6) is 2.62. The van der Waals surface area contributed by atoms with Gasteiger partial charge in [0, 0.05) is 32.6 Å². The summed E-state index contributed by atoms with van der Waals surface area (Å²) in [5, 5.41) is 0.667. The highest BCUT2D eigenvalue weighted by molar-refractivity contribution is 8.00. The van der Waals surface area contributed by atoms with E-state index in [1.54, 1.807) is 26.9 Å². The first-order valence-corrected chi connectivity index (χ1v) is 10.9. The molecule has 1 aliphatic rings. The number of hydrogen-bond donors (Lipinski definition) is 0. The van der Waals surface area contributed by atoms with Crippen LogP contribution in [0.2, 0.25) is 6.04 Å². The van der Waals surface area contributed by atoms with Gasteiger partial charge in [-0.2, -0.15) is 11.8 Å². The minimum absolute atomic E-state index is 0.667. The molecule has 0 saturated carbocycles. The molecular weight excluding hydrogens is 300 g/mol. The molecule has 0 aromatic rings. The lowest BCUT2D eigenvalue weighted by molar-refractivity contribution is 0.123. The molecule has 2 unspecified atom stereocenters. The van der Waals surface area contributed by atoms with Crippen LogP contribution in [-0.2, 0) is 13.3 Å². The average molecular weight is 333 g/mol. The maximum Gasteiger partial charge on any atom is 0.500 e. The van der Waals surface area contributed by atoms with Gasteiger partial charge < -0.3 is 13.3 Å². The Hall–Kier alpha value is 0.187. The van der Waals surface area contributed by atoms with Crippen LogP contribution in [0.3, 0.4) is 0 Å². The summed E-state index contributed by atoms with van der Waals surface area (Å²) >= 11 is 2.08. The summed E-state index contributed by atoms with van der Waals surface area (Å²) in [7, 11) is 2.68. The van der Waals surface area contributed by atoms with Crippen molar-refractivity contribution in [3.63, 3.8) is 0 Å². The summed E-state index contributed by atoms with van der Waals surface area (Å²) in [6.45, 7) is 6.99. The zero-order valence-corrected chi connectivity index (χ0v) is 16.3. The normalized spacial score (nSPS) is 23.5. The van der Waals surface area contributed by atoms with Crippen LogP contribution >= 0.6 is 11.8 Å². The predicted molar refractivity (Wildman–Crippen MR) is 93.8 cm³/mol. The van der Waals surface area contributed by atoms with Crippen molar-refractivity contribution in [2.45, 2.75) is 51.3 Å². The Morgan fingerprint density at radius 2 is 1.86 bits per heavy atom. The molecule has 0 aromatic heterocycles. The molecule has 5 heteroatoms. The maximum atomic E-state index is 5.47. The Morgan fingerprint density at radius 3 is 2.38 bits per heavy atom. The van der Waals surface area contributed by atoms with E-state index in [2.05, 4.69) is 38.6 Å². The molecule has 0 aromatic carbocycles. The third-order valence-electron chi connectivity index (χ3n) is 4.44. The van der Waals surface area contributed by atoms with E-state index in [0.29, 0.717) is 11.2 Å².